The van der Waals surface area contributed by atoms with E-state index in [0.29, 0.717) is 30.8 Å². The largest absolute Gasteiger partial charge is 0.497 e. The Morgan fingerprint density at radius 2 is 1.97 bits per heavy atom. The van der Waals surface area contributed by atoms with E-state index < -0.39 is 5.41 Å². The number of aromatic nitrogens is 1. The first-order valence-electron chi connectivity index (χ1n) is 11.2. The Bertz CT molecular complexity index is 1130. The molecule has 4 rings (SSSR count). The van der Waals surface area contributed by atoms with Gasteiger partial charge in [-0.2, -0.15) is 0 Å². The summed E-state index contributed by atoms with van der Waals surface area (Å²) in [6.07, 6.45) is 5.61. The molecule has 0 radical (unpaired) electrons. The van der Waals surface area contributed by atoms with E-state index in [2.05, 4.69) is 22.4 Å². The molecule has 6 nitrogen and oxygen atoms in total. The van der Waals surface area contributed by atoms with Gasteiger partial charge >= 0.3 is 0 Å². The average molecular weight is 444 g/mol. The van der Waals surface area contributed by atoms with Crippen molar-refractivity contribution in [2.45, 2.75) is 19.3 Å². The van der Waals surface area contributed by atoms with Crippen molar-refractivity contribution in [3.63, 3.8) is 0 Å². The minimum Gasteiger partial charge on any atom is -0.497 e. The van der Waals surface area contributed by atoms with Gasteiger partial charge in [-0.1, -0.05) is 36.4 Å². The van der Waals surface area contributed by atoms with E-state index in [1.54, 1.807) is 37.4 Å². The van der Waals surface area contributed by atoms with Crippen LogP contribution in [0.15, 0.2) is 73.1 Å². The fraction of sp³-hybridized carbons (Fsp3) is 0.296. The van der Waals surface area contributed by atoms with Crippen LogP contribution in [0.5, 0.6) is 5.75 Å². The first kappa shape index (κ1) is 22.5. The summed E-state index contributed by atoms with van der Waals surface area (Å²) in [4.78, 5) is 32.7. The molecule has 0 spiro atoms. The molecular formula is C27H29N3O3. The fourth-order valence-electron chi connectivity index (χ4n) is 4.76. The summed E-state index contributed by atoms with van der Waals surface area (Å²) in [6.45, 7) is 0.989. The van der Waals surface area contributed by atoms with Gasteiger partial charge in [0.15, 0.2) is 0 Å². The lowest BCUT2D eigenvalue weighted by molar-refractivity contribution is -0.133. The van der Waals surface area contributed by atoms with Crippen molar-refractivity contribution in [3.05, 3.63) is 84.2 Å². The number of hydrogen-bond donors (Lipinski definition) is 1. The van der Waals surface area contributed by atoms with Gasteiger partial charge in [-0.15, -0.1) is 0 Å². The Morgan fingerprint density at radius 1 is 1.12 bits per heavy atom. The third-order valence-electron chi connectivity index (χ3n) is 6.41. The van der Waals surface area contributed by atoms with Crippen LogP contribution in [0.3, 0.4) is 0 Å². The monoisotopic (exact) mass is 443 g/mol. The first-order chi connectivity index (χ1) is 16.1. The number of piperidine rings is 1. The predicted octanol–water partition coefficient (Wildman–Crippen LogP) is 3.97. The first-order valence-corrected chi connectivity index (χ1v) is 11.2. The van der Waals surface area contributed by atoms with Crippen LogP contribution < -0.4 is 10.1 Å². The third-order valence-corrected chi connectivity index (χ3v) is 6.41. The van der Waals surface area contributed by atoms with Gasteiger partial charge in [0.25, 0.3) is 5.91 Å². The molecule has 0 bridgehead atoms. The van der Waals surface area contributed by atoms with E-state index >= 15 is 0 Å². The van der Waals surface area contributed by atoms with Gasteiger partial charge in [0, 0.05) is 43.7 Å². The van der Waals surface area contributed by atoms with Crippen molar-refractivity contribution < 1.29 is 14.3 Å². The molecule has 1 aliphatic rings. The summed E-state index contributed by atoms with van der Waals surface area (Å²) in [5, 5.41) is 2.86. The molecule has 2 aromatic carbocycles. The topological polar surface area (TPSA) is 71.5 Å². The van der Waals surface area contributed by atoms with Crippen molar-refractivity contribution in [1.82, 2.24) is 15.2 Å². The lowest BCUT2D eigenvalue weighted by Gasteiger charge is -2.42. The van der Waals surface area contributed by atoms with Crippen molar-refractivity contribution in [2.75, 3.05) is 27.2 Å². The lowest BCUT2D eigenvalue weighted by atomic mass is 9.73. The number of carbonyl (C=O) groups excluding carboxylic acids is 2. The zero-order valence-corrected chi connectivity index (χ0v) is 19.1. The van der Waals surface area contributed by atoms with Crippen molar-refractivity contribution in [2.24, 2.45) is 5.41 Å². The summed E-state index contributed by atoms with van der Waals surface area (Å²) in [5.41, 5.74) is 3.01. The quantitative estimate of drug-likeness (QED) is 0.626. The van der Waals surface area contributed by atoms with Gasteiger partial charge in [0.2, 0.25) is 5.91 Å². The molecule has 3 aromatic rings. The maximum atomic E-state index is 13.3. The summed E-state index contributed by atoms with van der Waals surface area (Å²) < 4.78 is 5.28. The number of pyridine rings is 1. The Hall–Kier alpha value is -3.67. The Morgan fingerprint density at radius 3 is 2.73 bits per heavy atom. The normalized spacial score (nSPS) is 17.9. The van der Waals surface area contributed by atoms with Crippen LogP contribution >= 0.6 is 0 Å². The van der Waals surface area contributed by atoms with Crippen LogP contribution in [0.1, 0.15) is 28.8 Å². The van der Waals surface area contributed by atoms with Crippen molar-refractivity contribution in [1.29, 1.82) is 0 Å². The molecule has 170 valence electrons. The molecule has 1 fully saturated rings. The number of nitrogens with one attached hydrogen (secondary N) is 1. The number of rotatable bonds is 6. The zero-order valence-electron chi connectivity index (χ0n) is 19.1. The van der Waals surface area contributed by atoms with Crippen molar-refractivity contribution in [3.8, 4) is 16.9 Å². The second kappa shape index (κ2) is 9.86. The van der Waals surface area contributed by atoms with Gasteiger partial charge in [-0.05, 0) is 54.7 Å². The predicted molar refractivity (Wildman–Crippen MR) is 128 cm³/mol. The van der Waals surface area contributed by atoms with Gasteiger partial charge in [0.1, 0.15) is 5.75 Å². The molecule has 1 N–H and O–H groups in total. The maximum absolute atomic E-state index is 13.3. The molecule has 33 heavy (non-hydrogen) atoms. The molecule has 1 aromatic heterocycles. The minimum atomic E-state index is -0.708. The van der Waals surface area contributed by atoms with E-state index in [1.807, 2.05) is 42.6 Å². The highest BCUT2D eigenvalue weighted by atomic mass is 16.5. The highest BCUT2D eigenvalue weighted by Crippen LogP contribution is 2.37. The summed E-state index contributed by atoms with van der Waals surface area (Å²) in [6, 6.07) is 19.2. The number of benzene rings is 2. The van der Waals surface area contributed by atoms with Gasteiger partial charge in [-0.3, -0.25) is 14.6 Å². The molecular weight excluding hydrogens is 414 g/mol. The zero-order chi connectivity index (χ0) is 23.3. The van der Waals surface area contributed by atoms with Gasteiger partial charge in [-0.25, -0.2) is 0 Å². The molecule has 0 aliphatic carbocycles. The summed E-state index contributed by atoms with van der Waals surface area (Å²) in [7, 11) is 3.25. The van der Waals surface area contributed by atoms with Crippen LogP contribution in [0.25, 0.3) is 11.1 Å². The van der Waals surface area contributed by atoms with Gasteiger partial charge in [0.05, 0.1) is 12.5 Å². The summed E-state index contributed by atoms with van der Waals surface area (Å²) >= 11 is 0. The van der Waals surface area contributed by atoms with E-state index in [-0.39, 0.29) is 11.8 Å². The standard InChI is InChI=1S/C27H29N3O3/c1-28-26(32)27(17-21-8-3-4-12-24(21)22-10-6-14-29-18-22)13-7-15-30(19-27)25(31)20-9-5-11-23(16-20)33-2/h3-6,8-12,14,16,18H,7,13,15,17,19H2,1-2H3,(H,28,32)/t27-/m1/s1. The number of methoxy groups -OCH3 is 1. The van der Waals surface area contributed by atoms with Crippen LogP contribution in [0.2, 0.25) is 0 Å². The average Bonchev–Trinajstić information content (AvgIpc) is 2.88. The van der Waals surface area contributed by atoms with Crippen LogP contribution in [-0.4, -0.2) is 48.9 Å². The molecule has 1 saturated heterocycles. The van der Waals surface area contributed by atoms with E-state index in [1.165, 1.54) is 0 Å². The number of amides is 2. The third kappa shape index (κ3) is 4.75. The maximum Gasteiger partial charge on any atom is 0.254 e. The Balaban J connectivity index is 1.66. The van der Waals surface area contributed by atoms with Gasteiger partial charge < -0.3 is 15.0 Å². The number of ether oxygens (including phenoxy) is 1. The van der Waals surface area contributed by atoms with E-state index in [0.717, 1.165) is 29.5 Å². The summed E-state index contributed by atoms with van der Waals surface area (Å²) in [5.74, 6) is 0.523. The second-order valence-electron chi connectivity index (χ2n) is 8.50. The van der Waals surface area contributed by atoms with Crippen LogP contribution in [0.4, 0.5) is 0 Å². The highest BCUT2D eigenvalue weighted by Gasteiger charge is 2.43. The van der Waals surface area contributed by atoms with E-state index in [4.69, 9.17) is 4.74 Å². The Kier molecular flexibility index (Phi) is 6.73. The van der Waals surface area contributed by atoms with Crippen molar-refractivity contribution >= 4 is 11.8 Å². The molecule has 0 unspecified atom stereocenters. The van der Waals surface area contributed by atoms with Crippen LogP contribution in [0, 0.1) is 5.41 Å². The molecule has 2 amide bonds. The SMILES string of the molecule is CNC(=O)[C@@]1(Cc2ccccc2-c2cccnc2)CCCN(C(=O)c2cccc(OC)c2)C1. The van der Waals surface area contributed by atoms with Crippen LogP contribution in [-0.2, 0) is 11.2 Å². The molecule has 6 heteroatoms. The highest BCUT2D eigenvalue weighted by molar-refractivity contribution is 5.95. The number of nitrogens with zero attached hydrogens (tertiary/aromatic N) is 2. The second-order valence-corrected chi connectivity index (χ2v) is 8.50. The smallest absolute Gasteiger partial charge is 0.254 e. The molecule has 1 aliphatic heterocycles. The molecule has 0 saturated carbocycles. The number of carbonyl (C=O) groups is 2. The fourth-order valence-corrected chi connectivity index (χ4v) is 4.76. The van der Waals surface area contributed by atoms with E-state index in [9.17, 15) is 9.59 Å². The molecule has 2 heterocycles. The molecule has 1 atom stereocenters. The Labute approximate surface area is 194 Å². The minimum absolute atomic E-state index is 0.0355. The lowest BCUT2D eigenvalue weighted by Crippen LogP contribution is -2.54. The number of likely N-dealkylation sites (tertiary alicyclic amines) is 1. The number of hydrogen-bond acceptors (Lipinski definition) is 4.